The van der Waals surface area contributed by atoms with Gasteiger partial charge in [0.25, 0.3) is 0 Å². The molecule has 5 heteroatoms. The molecule has 3 rings (SSSR count). The number of ether oxygens (including phenoxy) is 2. The van der Waals surface area contributed by atoms with Crippen LogP contribution < -0.4 is 4.74 Å². The number of allylic oxidation sites excluding steroid dienone is 1. The van der Waals surface area contributed by atoms with Crippen LogP contribution in [-0.2, 0) is 4.74 Å². The average Bonchev–Trinajstić information content (AvgIpc) is 3.05. The molecule has 0 saturated carbocycles. The minimum Gasteiger partial charge on any atom is -0.497 e. The number of esters is 1. The first kappa shape index (κ1) is 17.5. The number of aryl methyl sites for hydroxylation is 1. The number of hydrogen-bond donors (Lipinski definition) is 0. The number of carbonyl (C=O) groups excluding carboxylic acids is 2. The maximum Gasteiger partial charge on any atom is 0.374 e. The third-order valence-corrected chi connectivity index (χ3v) is 4.13. The van der Waals surface area contributed by atoms with Crippen LogP contribution in [0.15, 0.2) is 53.2 Å². The Hall–Kier alpha value is -3.34. The molecule has 1 heterocycles. The van der Waals surface area contributed by atoms with E-state index in [1.54, 1.807) is 26.2 Å². The Balaban J connectivity index is 1.88. The van der Waals surface area contributed by atoms with E-state index in [9.17, 15) is 9.59 Å². The van der Waals surface area contributed by atoms with Gasteiger partial charge < -0.3 is 13.9 Å². The Morgan fingerprint density at radius 2 is 1.77 bits per heavy atom. The number of furan rings is 1. The van der Waals surface area contributed by atoms with E-state index < -0.39 is 5.97 Å². The summed E-state index contributed by atoms with van der Waals surface area (Å²) in [4.78, 5) is 24.2. The van der Waals surface area contributed by atoms with E-state index in [1.807, 2.05) is 30.3 Å². The van der Waals surface area contributed by atoms with E-state index in [0.29, 0.717) is 11.1 Å². The third kappa shape index (κ3) is 3.37. The van der Waals surface area contributed by atoms with Gasteiger partial charge in [0, 0.05) is 11.1 Å². The normalized spacial score (nSPS) is 11.0. The standard InChI is InChI=1S/C21H18O5/c1-13-12-26-20(21(23)25-3)18(13)8-9-19(22)16-5-4-15-11-17(24-2)7-6-14(15)10-16/h4-12H,1-3H3. The van der Waals surface area contributed by atoms with Gasteiger partial charge in [-0.1, -0.05) is 18.2 Å². The summed E-state index contributed by atoms with van der Waals surface area (Å²) in [5, 5.41) is 1.93. The second kappa shape index (κ2) is 7.27. The van der Waals surface area contributed by atoms with Gasteiger partial charge in [-0.2, -0.15) is 0 Å². The Bertz CT molecular complexity index is 1010. The molecule has 0 aliphatic heterocycles. The molecule has 2 aromatic carbocycles. The van der Waals surface area contributed by atoms with Crippen molar-refractivity contribution in [1.29, 1.82) is 0 Å². The minimum atomic E-state index is -0.579. The van der Waals surface area contributed by atoms with Gasteiger partial charge in [-0.25, -0.2) is 4.79 Å². The summed E-state index contributed by atoms with van der Waals surface area (Å²) in [5.74, 6) is 0.103. The highest BCUT2D eigenvalue weighted by Gasteiger charge is 2.17. The Labute approximate surface area is 150 Å². The highest BCUT2D eigenvalue weighted by molar-refractivity contribution is 6.09. The maximum atomic E-state index is 12.5. The molecule has 0 radical (unpaired) electrons. The lowest BCUT2D eigenvalue weighted by Gasteiger charge is -2.04. The molecule has 132 valence electrons. The van der Waals surface area contributed by atoms with Gasteiger partial charge in [0.2, 0.25) is 5.76 Å². The average molecular weight is 350 g/mol. The summed E-state index contributed by atoms with van der Waals surface area (Å²) in [5.41, 5.74) is 1.84. The van der Waals surface area contributed by atoms with Gasteiger partial charge in [-0.05, 0) is 53.6 Å². The largest absolute Gasteiger partial charge is 0.497 e. The minimum absolute atomic E-state index is 0.0830. The van der Waals surface area contributed by atoms with Crippen molar-refractivity contribution in [2.75, 3.05) is 14.2 Å². The molecule has 26 heavy (non-hydrogen) atoms. The van der Waals surface area contributed by atoms with E-state index in [4.69, 9.17) is 9.15 Å². The second-order valence-corrected chi connectivity index (χ2v) is 5.78. The Morgan fingerprint density at radius 3 is 2.50 bits per heavy atom. The van der Waals surface area contributed by atoms with Gasteiger partial charge in [-0.3, -0.25) is 4.79 Å². The van der Waals surface area contributed by atoms with Gasteiger partial charge in [-0.15, -0.1) is 0 Å². The van der Waals surface area contributed by atoms with Gasteiger partial charge in [0.05, 0.1) is 20.5 Å². The molecule has 3 aromatic rings. The number of fused-ring (bicyclic) bond motifs is 1. The number of carbonyl (C=O) groups is 2. The zero-order valence-corrected chi connectivity index (χ0v) is 14.7. The van der Waals surface area contributed by atoms with Crippen LogP contribution in [0.3, 0.4) is 0 Å². The summed E-state index contributed by atoms with van der Waals surface area (Å²) in [6.07, 6.45) is 4.46. The van der Waals surface area contributed by atoms with Crippen LogP contribution in [0.4, 0.5) is 0 Å². The Morgan fingerprint density at radius 1 is 1.04 bits per heavy atom. The fourth-order valence-corrected chi connectivity index (χ4v) is 2.67. The van der Waals surface area contributed by atoms with Crippen LogP contribution in [0.25, 0.3) is 16.8 Å². The fraction of sp³-hybridized carbons (Fsp3) is 0.143. The number of hydrogen-bond acceptors (Lipinski definition) is 5. The summed E-state index contributed by atoms with van der Waals surface area (Å²) < 4.78 is 15.1. The molecule has 0 atom stereocenters. The van der Waals surface area contributed by atoms with Gasteiger partial charge in [0.1, 0.15) is 5.75 Å². The first-order chi connectivity index (χ1) is 12.5. The van der Waals surface area contributed by atoms with Crippen LogP contribution in [0.2, 0.25) is 0 Å². The highest BCUT2D eigenvalue weighted by atomic mass is 16.5. The molecule has 0 amide bonds. The van der Waals surface area contributed by atoms with Crippen LogP contribution in [-0.4, -0.2) is 26.0 Å². The Kier molecular flexibility index (Phi) is 4.89. The zero-order valence-electron chi connectivity index (χ0n) is 14.7. The van der Waals surface area contributed by atoms with Crippen molar-refractivity contribution in [3.05, 3.63) is 71.2 Å². The van der Waals surface area contributed by atoms with Crippen molar-refractivity contribution < 1.29 is 23.5 Å². The van der Waals surface area contributed by atoms with Gasteiger partial charge >= 0.3 is 5.97 Å². The van der Waals surface area contributed by atoms with Gasteiger partial charge in [0.15, 0.2) is 5.78 Å². The lowest BCUT2D eigenvalue weighted by molar-refractivity contribution is 0.0564. The van der Waals surface area contributed by atoms with Crippen molar-refractivity contribution in [2.45, 2.75) is 6.92 Å². The molecule has 0 aliphatic carbocycles. The molecule has 0 spiro atoms. The third-order valence-electron chi connectivity index (χ3n) is 4.13. The quantitative estimate of drug-likeness (QED) is 0.387. The molecule has 1 aromatic heterocycles. The molecular formula is C21H18O5. The predicted molar refractivity (Wildman–Crippen MR) is 98.6 cm³/mol. The molecule has 0 aliphatic rings. The smallest absolute Gasteiger partial charge is 0.374 e. The molecule has 0 unspecified atom stereocenters. The van der Waals surface area contributed by atoms with Crippen molar-refractivity contribution in [3.63, 3.8) is 0 Å². The van der Waals surface area contributed by atoms with Crippen LogP contribution in [0.5, 0.6) is 5.75 Å². The molecule has 0 fully saturated rings. The predicted octanol–water partition coefficient (Wildman–Crippen LogP) is 4.43. The van der Waals surface area contributed by atoms with E-state index in [0.717, 1.165) is 22.1 Å². The number of ketones is 1. The van der Waals surface area contributed by atoms with E-state index >= 15 is 0 Å². The zero-order chi connectivity index (χ0) is 18.7. The first-order valence-corrected chi connectivity index (χ1v) is 8.00. The maximum absolute atomic E-state index is 12.5. The topological polar surface area (TPSA) is 65.7 Å². The number of methoxy groups -OCH3 is 2. The van der Waals surface area contributed by atoms with E-state index in [1.165, 1.54) is 19.4 Å². The lowest BCUT2D eigenvalue weighted by atomic mass is 10.0. The van der Waals surface area contributed by atoms with Crippen LogP contribution in [0.1, 0.15) is 32.0 Å². The van der Waals surface area contributed by atoms with E-state index in [2.05, 4.69) is 4.74 Å². The van der Waals surface area contributed by atoms with E-state index in [-0.39, 0.29) is 11.5 Å². The number of benzene rings is 2. The SMILES string of the molecule is COC(=O)c1occ(C)c1C=CC(=O)c1ccc2cc(OC)ccc2c1. The first-order valence-electron chi connectivity index (χ1n) is 8.00. The molecular weight excluding hydrogens is 332 g/mol. The molecule has 0 bridgehead atoms. The van der Waals surface area contributed by atoms with Crippen LogP contribution in [0, 0.1) is 6.92 Å². The summed E-state index contributed by atoms with van der Waals surface area (Å²) in [6, 6.07) is 11.1. The molecule has 5 nitrogen and oxygen atoms in total. The van der Waals surface area contributed by atoms with Crippen molar-refractivity contribution in [1.82, 2.24) is 0 Å². The van der Waals surface area contributed by atoms with Crippen molar-refractivity contribution >= 4 is 28.6 Å². The monoisotopic (exact) mass is 350 g/mol. The lowest BCUT2D eigenvalue weighted by Crippen LogP contribution is -2.01. The van der Waals surface area contributed by atoms with Crippen molar-refractivity contribution in [2.24, 2.45) is 0 Å². The van der Waals surface area contributed by atoms with Crippen LogP contribution >= 0.6 is 0 Å². The summed E-state index contributed by atoms with van der Waals surface area (Å²) in [6.45, 7) is 1.80. The molecule has 0 N–H and O–H groups in total. The molecule has 0 saturated heterocycles. The second-order valence-electron chi connectivity index (χ2n) is 5.78. The summed E-state index contributed by atoms with van der Waals surface area (Å²) in [7, 11) is 2.90. The summed E-state index contributed by atoms with van der Waals surface area (Å²) >= 11 is 0. The van der Waals surface area contributed by atoms with Crippen molar-refractivity contribution in [3.8, 4) is 5.75 Å². The fourth-order valence-electron chi connectivity index (χ4n) is 2.67. The highest BCUT2D eigenvalue weighted by Crippen LogP contribution is 2.23. The number of rotatable bonds is 5.